The van der Waals surface area contributed by atoms with Crippen molar-refractivity contribution >= 4 is 21.9 Å². The average Bonchev–Trinajstić information content (AvgIpc) is 3.06. The van der Waals surface area contributed by atoms with Crippen LogP contribution in [0, 0.1) is 35.0 Å². The first-order valence-electron chi connectivity index (χ1n) is 10.4. The lowest BCUT2D eigenvalue weighted by Gasteiger charge is -2.60. The van der Waals surface area contributed by atoms with E-state index >= 15 is 0 Å². The van der Waals surface area contributed by atoms with Gasteiger partial charge in [0.05, 0.1) is 6.42 Å². The normalized spacial score (nSPS) is 50.4. The van der Waals surface area contributed by atoms with E-state index in [1.807, 2.05) is 0 Å². The van der Waals surface area contributed by atoms with Crippen LogP contribution in [0.1, 0.15) is 77.6 Å². The molecule has 0 radical (unpaired) electrons. The second-order valence-electron chi connectivity index (χ2n) is 10.4. The van der Waals surface area contributed by atoms with Gasteiger partial charge in [-0.15, -0.1) is 0 Å². The van der Waals surface area contributed by atoms with Gasteiger partial charge in [0.25, 0.3) is 0 Å². The molecule has 6 bridgehead atoms. The van der Waals surface area contributed by atoms with Crippen molar-refractivity contribution in [1.29, 1.82) is 0 Å². The highest BCUT2D eigenvalue weighted by Gasteiger charge is 2.57. The van der Waals surface area contributed by atoms with Crippen molar-refractivity contribution in [1.82, 2.24) is 0 Å². The van der Waals surface area contributed by atoms with Gasteiger partial charge in [-0.05, 0) is 99.7 Å². The third kappa shape index (κ3) is 3.67. The Balaban J connectivity index is 0.000000136. The van der Waals surface area contributed by atoms with Crippen LogP contribution in [0.25, 0.3) is 0 Å². The Labute approximate surface area is 160 Å². The summed E-state index contributed by atoms with van der Waals surface area (Å²) in [5.74, 6) is 3.92. The lowest BCUT2D eigenvalue weighted by molar-refractivity contribution is -0.144. The highest BCUT2D eigenvalue weighted by atomic mass is 79.9. The lowest BCUT2D eigenvalue weighted by Crippen LogP contribution is -2.53. The van der Waals surface area contributed by atoms with Crippen molar-refractivity contribution < 1.29 is 9.90 Å². The fourth-order valence-electron chi connectivity index (χ4n) is 7.80. The summed E-state index contributed by atoms with van der Waals surface area (Å²) in [4.78, 5) is 11.0. The molecular weight excluding hydrogens is 378 g/mol. The Morgan fingerprint density at radius 3 is 2.20 bits per heavy atom. The van der Waals surface area contributed by atoms with Crippen molar-refractivity contribution in [3.05, 3.63) is 0 Å². The molecule has 0 amide bonds. The average molecular weight is 412 g/mol. The number of hydrogen-bond donors (Lipinski definition) is 2. The molecule has 142 valence electrons. The fraction of sp³-hybridized carbons (Fsp3) is 0.952. The quantitative estimate of drug-likeness (QED) is 0.644. The summed E-state index contributed by atoms with van der Waals surface area (Å²) < 4.78 is 0.298. The highest BCUT2D eigenvalue weighted by molar-refractivity contribution is 9.10. The second kappa shape index (κ2) is 6.51. The Kier molecular flexibility index (Phi) is 4.76. The lowest BCUT2D eigenvalue weighted by atomic mass is 9.49. The number of rotatable bonds is 3. The van der Waals surface area contributed by atoms with E-state index in [1.54, 1.807) is 0 Å². The Morgan fingerprint density at radius 1 is 1.12 bits per heavy atom. The molecule has 4 heteroatoms. The van der Waals surface area contributed by atoms with E-state index in [2.05, 4.69) is 22.9 Å². The molecule has 6 atom stereocenters. The third-order valence-corrected chi connectivity index (χ3v) is 9.03. The number of carbonyl (C=O) groups is 1. The van der Waals surface area contributed by atoms with Crippen LogP contribution in [0.4, 0.5) is 0 Å². The molecule has 0 aromatic carbocycles. The van der Waals surface area contributed by atoms with Crippen LogP contribution in [0.3, 0.4) is 0 Å². The van der Waals surface area contributed by atoms with E-state index in [-0.39, 0.29) is 5.41 Å². The molecule has 0 aromatic heterocycles. The molecule has 6 rings (SSSR count). The van der Waals surface area contributed by atoms with Gasteiger partial charge in [-0.3, -0.25) is 4.79 Å². The molecule has 0 aromatic rings. The van der Waals surface area contributed by atoms with Crippen LogP contribution in [0.15, 0.2) is 0 Å². The number of hydrogen-bond acceptors (Lipinski definition) is 2. The first kappa shape index (κ1) is 18.3. The third-order valence-electron chi connectivity index (χ3n) is 8.11. The molecule has 3 N–H and O–H groups in total. The van der Waals surface area contributed by atoms with Crippen molar-refractivity contribution in [2.45, 2.75) is 87.9 Å². The van der Waals surface area contributed by atoms with Crippen LogP contribution in [-0.2, 0) is 4.79 Å². The molecule has 6 unspecified atom stereocenters. The zero-order valence-electron chi connectivity index (χ0n) is 15.6. The first-order valence-corrected chi connectivity index (χ1v) is 11.2. The van der Waals surface area contributed by atoms with Gasteiger partial charge >= 0.3 is 5.97 Å². The zero-order valence-corrected chi connectivity index (χ0v) is 17.1. The van der Waals surface area contributed by atoms with E-state index in [4.69, 9.17) is 10.8 Å². The van der Waals surface area contributed by atoms with Crippen LogP contribution in [0.5, 0.6) is 0 Å². The van der Waals surface area contributed by atoms with Crippen LogP contribution < -0.4 is 5.73 Å². The molecule has 0 saturated heterocycles. The summed E-state index contributed by atoms with van der Waals surface area (Å²) in [6.45, 7) is 2.17. The standard InChI is InChI=1S/C12H17BrO2.C9H17N/c13-12-4-8-1-9(5-12)3-11(2-8,7-12)6-10(14)15;1-6(10)9-5-7-2-3-8(9)4-7/h8-9H,1-7H2,(H,14,15);6-9H,2-5,10H2,1H3. The van der Waals surface area contributed by atoms with Crippen molar-refractivity contribution in [2.75, 3.05) is 0 Å². The van der Waals surface area contributed by atoms with Gasteiger partial charge in [0.15, 0.2) is 0 Å². The SMILES string of the molecule is CC(N)C1CC2CCC1C2.O=C(O)CC12CC3CC(CC(Br)(C3)C1)C2. The van der Waals surface area contributed by atoms with Gasteiger partial charge in [-0.1, -0.05) is 22.4 Å². The summed E-state index contributed by atoms with van der Waals surface area (Å²) in [6, 6.07) is 0.454. The Morgan fingerprint density at radius 2 is 1.80 bits per heavy atom. The van der Waals surface area contributed by atoms with Gasteiger partial charge < -0.3 is 10.8 Å². The minimum absolute atomic E-state index is 0.138. The van der Waals surface area contributed by atoms with E-state index < -0.39 is 5.97 Å². The Hall–Kier alpha value is -0.0900. The largest absolute Gasteiger partial charge is 0.481 e. The summed E-state index contributed by atoms with van der Waals surface area (Å²) in [5.41, 5.74) is 6.02. The molecule has 6 fully saturated rings. The van der Waals surface area contributed by atoms with Gasteiger partial charge in [0.1, 0.15) is 0 Å². The fourth-order valence-corrected chi connectivity index (χ4v) is 9.31. The number of alkyl halides is 1. The van der Waals surface area contributed by atoms with Crippen molar-refractivity contribution in [2.24, 2.45) is 40.7 Å². The number of fused-ring (bicyclic) bond motifs is 2. The number of halogens is 1. The number of carboxylic acid groups (broad SMARTS) is 1. The maximum Gasteiger partial charge on any atom is 0.303 e. The number of nitrogens with two attached hydrogens (primary N) is 1. The van der Waals surface area contributed by atoms with Gasteiger partial charge in [-0.25, -0.2) is 0 Å². The van der Waals surface area contributed by atoms with Crippen LogP contribution in [0.2, 0.25) is 0 Å². The zero-order chi connectivity index (χ0) is 17.8. The molecule has 6 aliphatic rings. The number of carboxylic acids is 1. The van der Waals surface area contributed by atoms with Crippen molar-refractivity contribution in [3.8, 4) is 0 Å². The van der Waals surface area contributed by atoms with Gasteiger partial charge in [-0.2, -0.15) is 0 Å². The molecule has 3 nitrogen and oxygen atoms in total. The molecule has 0 aliphatic heterocycles. The molecule has 0 spiro atoms. The van der Waals surface area contributed by atoms with E-state index in [0.717, 1.165) is 36.0 Å². The van der Waals surface area contributed by atoms with E-state index in [0.29, 0.717) is 16.8 Å². The predicted molar refractivity (Wildman–Crippen MR) is 104 cm³/mol. The van der Waals surface area contributed by atoms with Crippen LogP contribution in [-0.4, -0.2) is 21.4 Å². The highest BCUT2D eigenvalue weighted by Crippen LogP contribution is 2.65. The molecular formula is C21H34BrNO2. The molecule has 6 aliphatic carbocycles. The Bertz CT molecular complexity index is 520. The minimum Gasteiger partial charge on any atom is -0.481 e. The summed E-state index contributed by atoms with van der Waals surface area (Å²) in [7, 11) is 0. The summed E-state index contributed by atoms with van der Waals surface area (Å²) in [6.07, 6.45) is 13.6. The topological polar surface area (TPSA) is 63.3 Å². The summed E-state index contributed by atoms with van der Waals surface area (Å²) in [5, 5.41) is 9.04. The summed E-state index contributed by atoms with van der Waals surface area (Å²) >= 11 is 3.89. The second-order valence-corrected chi connectivity index (χ2v) is 12.1. The first-order chi connectivity index (χ1) is 11.8. The predicted octanol–water partition coefficient (Wildman–Crippen LogP) is 4.96. The smallest absolute Gasteiger partial charge is 0.303 e. The maximum absolute atomic E-state index is 11.0. The van der Waals surface area contributed by atoms with Gasteiger partial charge in [0, 0.05) is 10.4 Å². The van der Waals surface area contributed by atoms with Crippen LogP contribution >= 0.6 is 15.9 Å². The molecule has 0 heterocycles. The maximum atomic E-state index is 11.0. The van der Waals surface area contributed by atoms with Gasteiger partial charge in [0.2, 0.25) is 0 Å². The van der Waals surface area contributed by atoms with E-state index in [1.165, 1.54) is 57.8 Å². The monoisotopic (exact) mass is 411 g/mol. The number of aliphatic carboxylic acids is 1. The van der Waals surface area contributed by atoms with E-state index in [9.17, 15) is 4.79 Å². The molecule has 6 saturated carbocycles. The minimum atomic E-state index is -0.604. The molecule has 25 heavy (non-hydrogen) atoms. The van der Waals surface area contributed by atoms with Crippen molar-refractivity contribution in [3.63, 3.8) is 0 Å².